The molecule has 82 valence electrons. The fourth-order valence-corrected chi connectivity index (χ4v) is 3.23. The van der Waals surface area contributed by atoms with Crippen LogP contribution in [-0.4, -0.2) is 30.1 Å². The van der Waals surface area contributed by atoms with Crippen molar-refractivity contribution >= 4 is 0 Å². The molecule has 0 bridgehead atoms. The summed E-state index contributed by atoms with van der Waals surface area (Å²) >= 11 is 0. The van der Waals surface area contributed by atoms with Crippen LogP contribution in [0, 0.1) is 0 Å². The van der Waals surface area contributed by atoms with Gasteiger partial charge in [-0.15, -0.1) is 0 Å². The molecule has 1 aliphatic carbocycles. The van der Waals surface area contributed by atoms with Gasteiger partial charge in [0.25, 0.3) is 0 Å². The molecule has 2 N–H and O–H groups in total. The summed E-state index contributed by atoms with van der Waals surface area (Å²) in [5.74, 6) is 0. The smallest absolute Gasteiger partial charge is 0.0331 e. The Bertz CT molecular complexity index is 165. The molecule has 0 atom stereocenters. The third-order valence-corrected chi connectivity index (χ3v) is 4.19. The maximum absolute atomic E-state index is 6.01. The molecule has 0 unspecified atom stereocenters. The summed E-state index contributed by atoms with van der Waals surface area (Å²) in [4.78, 5) is 2.72. The topological polar surface area (TPSA) is 29.3 Å². The minimum Gasteiger partial charge on any atom is -0.329 e. The zero-order chi connectivity index (χ0) is 9.86. The van der Waals surface area contributed by atoms with Crippen molar-refractivity contribution in [1.82, 2.24) is 4.90 Å². The third kappa shape index (κ3) is 1.96. The first-order valence-corrected chi connectivity index (χ1v) is 6.32. The van der Waals surface area contributed by atoms with Crippen molar-refractivity contribution in [2.45, 2.75) is 56.9 Å². The first-order valence-electron chi connectivity index (χ1n) is 6.32. The zero-order valence-electron chi connectivity index (χ0n) is 9.30. The first kappa shape index (κ1) is 10.4. The molecule has 2 fully saturated rings. The number of hydrogen-bond acceptors (Lipinski definition) is 2. The van der Waals surface area contributed by atoms with Crippen LogP contribution in [0.1, 0.15) is 51.4 Å². The molecule has 2 nitrogen and oxygen atoms in total. The second kappa shape index (κ2) is 4.63. The second-order valence-corrected chi connectivity index (χ2v) is 5.04. The lowest BCUT2D eigenvalue weighted by Crippen LogP contribution is -2.52. The minimum absolute atomic E-state index is 0.407. The number of rotatable bonds is 2. The molecule has 1 saturated heterocycles. The molecule has 1 heterocycles. The lowest BCUT2D eigenvalue weighted by atomic mass is 9.95. The summed E-state index contributed by atoms with van der Waals surface area (Å²) in [5.41, 5.74) is 6.42. The fraction of sp³-hybridized carbons (Fsp3) is 1.00. The first-order chi connectivity index (χ1) is 6.87. The highest BCUT2D eigenvalue weighted by molar-refractivity contribution is 4.96. The highest BCUT2D eigenvalue weighted by Gasteiger charge is 2.37. The largest absolute Gasteiger partial charge is 0.329 e. The van der Waals surface area contributed by atoms with Crippen LogP contribution in [0.3, 0.4) is 0 Å². The number of hydrogen-bond donors (Lipinski definition) is 1. The Labute approximate surface area is 87.8 Å². The average Bonchev–Trinajstić information content (AvgIpc) is 2.54. The van der Waals surface area contributed by atoms with Crippen LogP contribution in [-0.2, 0) is 0 Å². The van der Waals surface area contributed by atoms with E-state index in [9.17, 15) is 0 Å². The van der Waals surface area contributed by atoms with Gasteiger partial charge in [0.1, 0.15) is 0 Å². The molecule has 2 heteroatoms. The molecule has 0 radical (unpaired) electrons. The zero-order valence-corrected chi connectivity index (χ0v) is 9.30. The highest BCUT2D eigenvalue weighted by Crippen LogP contribution is 2.35. The Morgan fingerprint density at radius 2 is 1.43 bits per heavy atom. The molecule has 0 aromatic carbocycles. The SMILES string of the molecule is NCC1(N2CCCCCC2)CCCC1. The Balaban J connectivity index is 2.01. The molecule has 1 aliphatic heterocycles. The second-order valence-electron chi connectivity index (χ2n) is 5.04. The third-order valence-electron chi connectivity index (χ3n) is 4.19. The van der Waals surface area contributed by atoms with Gasteiger partial charge in [0, 0.05) is 12.1 Å². The highest BCUT2D eigenvalue weighted by atomic mass is 15.2. The molecule has 0 amide bonds. The van der Waals surface area contributed by atoms with E-state index in [1.165, 1.54) is 64.5 Å². The van der Waals surface area contributed by atoms with Crippen molar-refractivity contribution in [2.24, 2.45) is 5.73 Å². The summed E-state index contributed by atoms with van der Waals surface area (Å²) in [6, 6.07) is 0. The molecule has 14 heavy (non-hydrogen) atoms. The molecule has 2 aliphatic rings. The van der Waals surface area contributed by atoms with Crippen molar-refractivity contribution in [3.05, 3.63) is 0 Å². The van der Waals surface area contributed by atoms with Gasteiger partial charge in [-0.25, -0.2) is 0 Å². The van der Waals surface area contributed by atoms with Gasteiger partial charge in [-0.3, -0.25) is 4.90 Å². The van der Waals surface area contributed by atoms with Gasteiger partial charge in [0.2, 0.25) is 0 Å². The Hall–Kier alpha value is -0.0800. The average molecular weight is 196 g/mol. The molecular formula is C12H24N2. The standard InChI is InChI=1S/C12H24N2/c13-11-12(7-3-4-8-12)14-9-5-1-2-6-10-14/h1-11,13H2. The van der Waals surface area contributed by atoms with Crippen molar-refractivity contribution in [1.29, 1.82) is 0 Å². The Morgan fingerprint density at radius 1 is 0.857 bits per heavy atom. The Kier molecular flexibility index (Phi) is 3.45. The lowest BCUT2D eigenvalue weighted by Gasteiger charge is -2.40. The van der Waals surface area contributed by atoms with Gasteiger partial charge in [-0.1, -0.05) is 25.7 Å². The van der Waals surface area contributed by atoms with Crippen LogP contribution < -0.4 is 5.73 Å². The summed E-state index contributed by atoms with van der Waals surface area (Å²) < 4.78 is 0. The monoisotopic (exact) mass is 196 g/mol. The van der Waals surface area contributed by atoms with E-state index < -0.39 is 0 Å². The number of nitrogens with zero attached hydrogens (tertiary/aromatic N) is 1. The summed E-state index contributed by atoms with van der Waals surface area (Å²) in [6.45, 7) is 3.49. The summed E-state index contributed by atoms with van der Waals surface area (Å²) in [5, 5.41) is 0. The van der Waals surface area contributed by atoms with Crippen molar-refractivity contribution < 1.29 is 0 Å². The maximum Gasteiger partial charge on any atom is 0.0331 e. The van der Waals surface area contributed by atoms with Crippen LogP contribution in [0.15, 0.2) is 0 Å². The normalized spacial score (nSPS) is 28.9. The van der Waals surface area contributed by atoms with Crippen LogP contribution in [0.25, 0.3) is 0 Å². The van der Waals surface area contributed by atoms with E-state index in [4.69, 9.17) is 5.73 Å². The predicted molar refractivity (Wildman–Crippen MR) is 60.3 cm³/mol. The van der Waals surface area contributed by atoms with E-state index in [1.807, 2.05) is 0 Å². The van der Waals surface area contributed by atoms with E-state index in [-0.39, 0.29) is 0 Å². The van der Waals surface area contributed by atoms with Crippen LogP contribution in [0.5, 0.6) is 0 Å². The summed E-state index contributed by atoms with van der Waals surface area (Å²) in [6.07, 6.45) is 11.1. The van der Waals surface area contributed by atoms with Gasteiger partial charge < -0.3 is 5.73 Å². The number of likely N-dealkylation sites (tertiary alicyclic amines) is 1. The van der Waals surface area contributed by atoms with E-state index >= 15 is 0 Å². The van der Waals surface area contributed by atoms with Gasteiger partial charge in [-0.05, 0) is 38.8 Å². The quantitative estimate of drug-likeness (QED) is 0.733. The van der Waals surface area contributed by atoms with Crippen LogP contribution in [0.4, 0.5) is 0 Å². The van der Waals surface area contributed by atoms with E-state index in [0.717, 1.165) is 6.54 Å². The molecule has 0 aromatic rings. The molecule has 1 saturated carbocycles. The fourth-order valence-electron chi connectivity index (χ4n) is 3.23. The van der Waals surface area contributed by atoms with Gasteiger partial charge in [-0.2, -0.15) is 0 Å². The van der Waals surface area contributed by atoms with E-state index in [2.05, 4.69) is 4.90 Å². The molecule has 0 spiro atoms. The van der Waals surface area contributed by atoms with E-state index in [1.54, 1.807) is 0 Å². The number of nitrogens with two attached hydrogens (primary N) is 1. The minimum atomic E-state index is 0.407. The van der Waals surface area contributed by atoms with Crippen molar-refractivity contribution in [3.63, 3.8) is 0 Å². The maximum atomic E-state index is 6.01. The van der Waals surface area contributed by atoms with Gasteiger partial charge >= 0.3 is 0 Å². The molecular weight excluding hydrogens is 172 g/mol. The van der Waals surface area contributed by atoms with E-state index in [0.29, 0.717) is 5.54 Å². The van der Waals surface area contributed by atoms with Crippen LogP contribution >= 0.6 is 0 Å². The van der Waals surface area contributed by atoms with Gasteiger partial charge in [0.05, 0.1) is 0 Å². The van der Waals surface area contributed by atoms with Crippen LogP contribution in [0.2, 0.25) is 0 Å². The molecule has 2 rings (SSSR count). The van der Waals surface area contributed by atoms with Crippen molar-refractivity contribution in [3.8, 4) is 0 Å². The molecule has 0 aromatic heterocycles. The lowest BCUT2D eigenvalue weighted by molar-refractivity contribution is 0.103. The Morgan fingerprint density at radius 3 is 1.93 bits per heavy atom. The summed E-state index contributed by atoms with van der Waals surface area (Å²) in [7, 11) is 0. The predicted octanol–water partition coefficient (Wildman–Crippen LogP) is 2.13. The van der Waals surface area contributed by atoms with Crippen molar-refractivity contribution in [2.75, 3.05) is 19.6 Å². The van der Waals surface area contributed by atoms with Gasteiger partial charge in [0.15, 0.2) is 0 Å².